The molecule has 0 atom stereocenters. The molecule has 2 rings (SSSR count). The summed E-state index contributed by atoms with van der Waals surface area (Å²) in [4.78, 5) is 0. The number of aromatic hydroxyl groups is 1. The quantitative estimate of drug-likeness (QED) is 0.774. The van der Waals surface area contributed by atoms with Crippen LogP contribution in [-0.2, 0) is 19.7 Å². The summed E-state index contributed by atoms with van der Waals surface area (Å²) in [6, 6.07) is 11.5. The van der Waals surface area contributed by atoms with Crippen LogP contribution in [0.4, 0.5) is 4.39 Å². The number of phenols is 1. The summed E-state index contributed by atoms with van der Waals surface area (Å²) in [6.45, 7) is 1.04. The molecule has 0 saturated carbocycles. The first-order valence-corrected chi connectivity index (χ1v) is 6.06. The third-order valence-electron chi connectivity index (χ3n) is 2.89. The van der Waals surface area contributed by atoms with Crippen molar-refractivity contribution < 1.29 is 14.6 Å². The molecule has 0 unspecified atom stereocenters. The number of hydrogen-bond acceptors (Lipinski definition) is 3. The molecule has 100 valence electrons. The van der Waals surface area contributed by atoms with Gasteiger partial charge in [0.25, 0.3) is 0 Å². The molecule has 19 heavy (non-hydrogen) atoms. The summed E-state index contributed by atoms with van der Waals surface area (Å²) in [5.74, 6) is -0.272. The van der Waals surface area contributed by atoms with Crippen LogP contribution < -0.4 is 5.32 Å². The van der Waals surface area contributed by atoms with Crippen molar-refractivity contribution in [3.05, 3.63) is 65.0 Å². The first kappa shape index (κ1) is 13.5. The highest BCUT2D eigenvalue weighted by Gasteiger charge is 2.02. The predicted molar refractivity (Wildman–Crippen MR) is 71.0 cm³/mol. The van der Waals surface area contributed by atoms with Crippen LogP contribution in [0, 0.1) is 5.82 Å². The molecule has 3 N–H and O–H groups in total. The van der Waals surface area contributed by atoms with Crippen LogP contribution in [0.2, 0.25) is 0 Å². The maximum atomic E-state index is 13.0. The van der Waals surface area contributed by atoms with Gasteiger partial charge in [-0.2, -0.15) is 0 Å². The van der Waals surface area contributed by atoms with E-state index < -0.39 is 0 Å². The minimum absolute atomic E-state index is 0.0326. The van der Waals surface area contributed by atoms with Crippen LogP contribution >= 0.6 is 0 Å². The van der Waals surface area contributed by atoms with Crippen molar-refractivity contribution in [2.24, 2.45) is 0 Å². The molecular weight excluding hydrogens is 245 g/mol. The highest BCUT2D eigenvalue weighted by Crippen LogP contribution is 2.17. The van der Waals surface area contributed by atoms with Crippen LogP contribution in [0.5, 0.6) is 5.75 Å². The van der Waals surface area contributed by atoms with E-state index >= 15 is 0 Å². The Morgan fingerprint density at radius 3 is 2.32 bits per heavy atom. The van der Waals surface area contributed by atoms with Gasteiger partial charge in [-0.3, -0.25) is 0 Å². The third-order valence-corrected chi connectivity index (χ3v) is 2.89. The first-order valence-electron chi connectivity index (χ1n) is 6.06. The molecule has 0 heterocycles. The number of phenolic OH excluding ortho intramolecular Hbond substituents is 1. The van der Waals surface area contributed by atoms with Crippen molar-refractivity contribution in [2.45, 2.75) is 19.7 Å². The van der Waals surface area contributed by atoms with Gasteiger partial charge in [-0.1, -0.05) is 24.3 Å². The third kappa shape index (κ3) is 3.77. The summed E-state index contributed by atoms with van der Waals surface area (Å²) in [5.41, 5.74) is 2.46. The zero-order valence-electron chi connectivity index (χ0n) is 10.4. The lowest BCUT2D eigenvalue weighted by molar-refractivity contribution is 0.282. The molecule has 0 aromatic heterocycles. The second kappa shape index (κ2) is 6.31. The van der Waals surface area contributed by atoms with E-state index in [1.165, 1.54) is 18.2 Å². The normalized spacial score (nSPS) is 10.6. The van der Waals surface area contributed by atoms with Crippen molar-refractivity contribution in [1.29, 1.82) is 0 Å². The number of aliphatic hydroxyl groups excluding tert-OH is 1. The van der Waals surface area contributed by atoms with Crippen molar-refractivity contribution in [3.8, 4) is 5.75 Å². The van der Waals surface area contributed by atoms with Gasteiger partial charge < -0.3 is 15.5 Å². The molecule has 2 aromatic rings. The van der Waals surface area contributed by atoms with Gasteiger partial charge in [0.05, 0.1) is 6.61 Å². The van der Waals surface area contributed by atoms with Crippen molar-refractivity contribution >= 4 is 0 Å². The lowest BCUT2D eigenvalue weighted by Gasteiger charge is -2.07. The fraction of sp³-hybridized carbons (Fsp3) is 0.200. The van der Waals surface area contributed by atoms with Crippen LogP contribution in [0.15, 0.2) is 42.5 Å². The monoisotopic (exact) mass is 261 g/mol. The zero-order valence-corrected chi connectivity index (χ0v) is 10.4. The van der Waals surface area contributed by atoms with E-state index in [1.807, 2.05) is 24.3 Å². The van der Waals surface area contributed by atoms with Crippen molar-refractivity contribution in [3.63, 3.8) is 0 Å². The lowest BCUT2D eigenvalue weighted by atomic mass is 10.1. The number of rotatable bonds is 5. The molecule has 0 aliphatic heterocycles. The Balaban J connectivity index is 1.90. The SMILES string of the molecule is OCc1ccc(CNCc2cc(F)ccc2O)cc1. The van der Waals surface area contributed by atoms with E-state index in [9.17, 15) is 9.50 Å². The van der Waals surface area contributed by atoms with Crippen LogP contribution in [0.25, 0.3) is 0 Å². The average molecular weight is 261 g/mol. The first-order chi connectivity index (χ1) is 9.19. The van der Waals surface area contributed by atoms with Crippen molar-refractivity contribution in [1.82, 2.24) is 5.32 Å². The summed E-state index contributed by atoms with van der Waals surface area (Å²) in [7, 11) is 0. The molecule has 0 aliphatic rings. The molecule has 4 heteroatoms. The molecule has 0 spiro atoms. The van der Waals surface area contributed by atoms with Gasteiger partial charge in [-0.05, 0) is 29.3 Å². The Kier molecular flexibility index (Phi) is 4.49. The minimum atomic E-state index is -0.359. The molecule has 3 nitrogen and oxygen atoms in total. The number of nitrogens with one attached hydrogen (secondary N) is 1. The second-order valence-corrected chi connectivity index (χ2v) is 4.35. The van der Waals surface area contributed by atoms with Gasteiger partial charge in [-0.15, -0.1) is 0 Å². The molecule has 0 bridgehead atoms. The van der Waals surface area contributed by atoms with Crippen LogP contribution in [0.1, 0.15) is 16.7 Å². The van der Waals surface area contributed by atoms with E-state index in [4.69, 9.17) is 5.11 Å². The molecule has 0 aliphatic carbocycles. The van der Waals surface area contributed by atoms with E-state index in [1.54, 1.807) is 0 Å². The molecular formula is C15H16FNO2. The Morgan fingerprint density at radius 1 is 0.947 bits per heavy atom. The minimum Gasteiger partial charge on any atom is -0.508 e. The molecule has 0 saturated heterocycles. The molecule has 0 amide bonds. The predicted octanol–water partition coefficient (Wildman–Crippen LogP) is 2.31. The largest absolute Gasteiger partial charge is 0.508 e. The van der Waals surface area contributed by atoms with E-state index in [-0.39, 0.29) is 18.2 Å². The fourth-order valence-corrected chi connectivity index (χ4v) is 1.80. The maximum Gasteiger partial charge on any atom is 0.123 e. The highest BCUT2D eigenvalue weighted by molar-refractivity contribution is 5.32. The van der Waals surface area contributed by atoms with Gasteiger partial charge in [0.2, 0.25) is 0 Å². The Labute approximate surface area is 111 Å². The topological polar surface area (TPSA) is 52.5 Å². The van der Waals surface area contributed by atoms with Gasteiger partial charge in [0, 0.05) is 18.7 Å². The van der Waals surface area contributed by atoms with Gasteiger partial charge in [0.15, 0.2) is 0 Å². The lowest BCUT2D eigenvalue weighted by Crippen LogP contribution is -2.13. The van der Waals surface area contributed by atoms with E-state index in [0.29, 0.717) is 18.7 Å². The number of benzene rings is 2. The average Bonchev–Trinajstić information content (AvgIpc) is 2.43. The fourth-order valence-electron chi connectivity index (χ4n) is 1.80. The van der Waals surface area contributed by atoms with Crippen molar-refractivity contribution in [2.75, 3.05) is 0 Å². The Hall–Kier alpha value is -1.91. The highest BCUT2D eigenvalue weighted by atomic mass is 19.1. The van der Waals surface area contributed by atoms with Gasteiger partial charge in [-0.25, -0.2) is 4.39 Å². The Morgan fingerprint density at radius 2 is 1.63 bits per heavy atom. The maximum absolute atomic E-state index is 13.0. The summed E-state index contributed by atoms with van der Waals surface area (Å²) >= 11 is 0. The Bertz CT molecular complexity index is 540. The molecule has 2 aromatic carbocycles. The van der Waals surface area contributed by atoms with Gasteiger partial charge >= 0.3 is 0 Å². The molecule has 0 radical (unpaired) electrons. The second-order valence-electron chi connectivity index (χ2n) is 4.35. The summed E-state index contributed by atoms with van der Waals surface area (Å²) in [6.07, 6.45) is 0. The van der Waals surface area contributed by atoms with E-state index in [0.717, 1.165) is 11.1 Å². The van der Waals surface area contributed by atoms with Gasteiger partial charge in [0.1, 0.15) is 11.6 Å². The van der Waals surface area contributed by atoms with Crippen LogP contribution in [-0.4, -0.2) is 10.2 Å². The standard InChI is InChI=1S/C15H16FNO2/c16-14-5-6-15(19)13(7-14)9-17-8-11-1-3-12(10-18)4-2-11/h1-7,17-19H,8-10H2. The molecule has 0 fully saturated rings. The van der Waals surface area contributed by atoms with Crippen LogP contribution in [0.3, 0.4) is 0 Å². The zero-order chi connectivity index (χ0) is 13.7. The number of aliphatic hydroxyl groups is 1. The summed E-state index contributed by atoms with van der Waals surface area (Å²) in [5, 5.41) is 21.6. The number of halogens is 1. The number of hydrogen-bond donors (Lipinski definition) is 3. The smallest absolute Gasteiger partial charge is 0.123 e. The van der Waals surface area contributed by atoms with E-state index in [2.05, 4.69) is 5.32 Å². The summed E-state index contributed by atoms with van der Waals surface area (Å²) < 4.78 is 13.0.